The predicted octanol–water partition coefficient (Wildman–Crippen LogP) is 3.97. The van der Waals surface area contributed by atoms with E-state index in [0.29, 0.717) is 12.1 Å². The monoisotopic (exact) mass is 671 g/mol. The van der Waals surface area contributed by atoms with E-state index in [9.17, 15) is 24.3 Å². The molecule has 12 heteroatoms. The molecule has 4 aromatic rings. The number of alkyl carbamates (subject to hydrolysis) is 1. The maximum absolute atomic E-state index is 14.0. The Hall–Kier alpha value is -5.23. The number of hydrogen-bond acceptors (Lipinski definition) is 8. The van der Waals surface area contributed by atoms with Crippen LogP contribution < -0.4 is 16.0 Å². The first kappa shape index (κ1) is 36.6. The van der Waals surface area contributed by atoms with Gasteiger partial charge < -0.3 is 35.5 Å². The van der Waals surface area contributed by atoms with Crippen molar-refractivity contribution < 1.29 is 33.8 Å². The molecule has 260 valence electrons. The summed E-state index contributed by atoms with van der Waals surface area (Å²) in [5, 5.41) is 21.2. The Labute approximate surface area is 286 Å². The molecule has 0 radical (unpaired) electrons. The number of imidazole rings is 1. The van der Waals surface area contributed by atoms with Crippen molar-refractivity contribution in [3.63, 3.8) is 0 Å². The van der Waals surface area contributed by atoms with Crippen LogP contribution in [0.15, 0.2) is 85.3 Å². The molecule has 0 bridgehead atoms. The third kappa shape index (κ3) is 11.8. The minimum absolute atomic E-state index is 0.00715. The van der Waals surface area contributed by atoms with E-state index < -0.39 is 48.1 Å². The molecule has 4 atom stereocenters. The SMILES string of the molecule is CCOC(=O)C[C@H](O)[C@H](CC(C)C)NC(=O)[C@H](Cc1cnc[nH]1)NC(=O)[C@H](Cc1ccc2ccccc2c1)NC(=O)OCc1ccccc1. The summed E-state index contributed by atoms with van der Waals surface area (Å²) in [5.74, 6) is -1.70. The fraction of sp³-hybridized carbons (Fsp3) is 0.378. The summed E-state index contributed by atoms with van der Waals surface area (Å²) >= 11 is 0. The summed E-state index contributed by atoms with van der Waals surface area (Å²) in [6.45, 7) is 5.71. The average molecular weight is 672 g/mol. The number of nitrogens with zero attached hydrogens (tertiary/aromatic N) is 1. The third-order valence-corrected chi connectivity index (χ3v) is 7.89. The van der Waals surface area contributed by atoms with E-state index >= 15 is 0 Å². The first-order valence-electron chi connectivity index (χ1n) is 16.5. The van der Waals surface area contributed by atoms with Crippen molar-refractivity contribution in [2.45, 2.75) is 77.3 Å². The van der Waals surface area contributed by atoms with Gasteiger partial charge in [-0.3, -0.25) is 14.4 Å². The van der Waals surface area contributed by atoms with Crippen LogP contribution in [0.3, 0.4) is 0 Å². The highest BCUT2D eigenvalue weighted by Crippen LogP contribution is 2.18. The quantitative estimate of drug-likeness (QED) is 0.105. The summed E-state index contributed by atoms with van der Waals surface area (Å²) < 4.78 is 10.4. The van der Waals surface area contributed by atoms with Gasteiger partial charge in [-0.05, 0) is 41.2 Å². The molecular formula is C37H45N5O7. The minimum Gasteiger partial charge on any atom is -0.466 e. The summed E-state index contributed by atoms with van der Waals surface area (Å²) in [5.41, 5.74) is 2.15. The second kappa shape index (κ2) is 18.3. The Morgan fingerprint density at radius 1 is 0.816 bits per heavy atom. The van der Waals surface area contributed by atoms with Crippen LogP contribution >= 0.6 is 0 Å². The summed E-state index contributed by atoms with van der Waals surface area (Å²) in [6, 6.07) is 19.7. The fourth-order valence-corrected chi connectivity index (χ4v) is 5.45. The van der Waals surface area contributed by atoms with E-state index in [1.54, 1.807) is 13.1 Å². The molecule has 0 saturated heterocycles. The van der Waals surface area contributed by atoms with Crippen LogP contribution in [0.4, 0.5) is 4.79 Å². The van der Waals surface area contributed by atoms with Crippen LogP contribution in [0.5, 0.6) is 0 Å². The Balaban J connectivity index is 1.55. The lowest BCUT2D eigenvalue weighted by Crippen LogP contribution is -2.57. The highest BCUT2D eigenvalue weighted by atomic mass is 16.5. The molecule has 0 fully saturated rings. The molecule has 1 heterocycles. The molecule has 0 aliphatic rings. The van der Waals surface area contributed by atoms with Gasteiger partial charge in [-0.25, -0.2) is 9.78 Å². The molecule has 0 unspecified atom stereocenters. The molecule has 49 heavy (non-hydrogen) atoms. The van der Waals surface area contributed by atoms with Gasteiger partial charge in [0.25, 0.3) is 0 Å². The lowest BCUT2D eigenvalue weighted by Gasteiger charge is -2.28. The van der Waals surface area contributed by atoms with Gasteiger partial charge in [0, 0.05) is 24.7 Å². The maximum atomic E-state index is 14.0. The first-order chi connectivity index (χ1) is 23.6. The largest absolute Gasteiger partial charge is 0.466 e. The van der Waals surface area contributed by atoms with E-state index in [4.69, 9.17) is 9.47 Å². The number of aromatic nitrogens is 2. The van der Waals surface area contributed by atoms with Gasteiger partial charge in [0.1, 0.15) is 18.7 Å². The van der Waals surface area contributed by atoms with E-state index in [1.807, 2.05) is 86.6 Å². The number of amides is 3. The topological polar surface area (TPSA) is 172 Å². The van der Waals surface area contributed by atoms with Crippen molar-refractivity contribution >= 4 is 34.6 Å². The Morgan fingerprint density at radius 3 is 2.20 bits per heavy atom. The number of carbonyl (C=O) groups excluding carboxylic acids is 4. The molecule has 12 nitrogen and oxygen atoms in total. The van der Waals surface area contributed by atoms with Crippen molar-refractivity contribution in [2.75, 3.05) is 6.61 Å². The Kier molecular flexibility index (Phi) is 13.7. The van der Waals surface area contributed by atoms with Crippen molar-refractivity contribution in [3.05, 3.63) is 102 Å². The molecule has 1 aromatic heterocycles. The number of nitrogens with one attached hydrogen (secondary N) is 4. The summed E-state index contributed by atoms with van der Waals surface area (Å²) in [6.07, 6.45) is 1.23. The molecule has 3 amide bonds. The number of aromatic amines is 1. The molecule has 0 saturated carbocycles. The number of benzene rings is 3. The highest BCUT2D eigenvalue weighted by molar-refractivity contribution is 5.92. The minimum atomic E-state index is -1.21. The lowest BCUT2D eigenvalue weighted by molar-refractivity contribution is -0.146. The lowest BCUT2D eigenvalue weighted by atomic mass is 9.96. The number of rotatable bonds is 17. The van der Waals surface area contributed by atoms with E-state index in [0.717, 1.165) is 21.9 Å². The van der Waals surface area contributed by atoms with Gasteiger partial charge in [-0.2, -0.15) is 0 Å². The maximum Gasteiger partial charge on any atom is 0.408 e. The van der Waals surface area contributed by atoms with Crippen LogP contribution in [-0.2, 0) is 43.3 Å². The normalized spacial score (nSPS) is 13.6. The number of aliphatic hydroxyl groups excluding tert-OH is 1. The second-order valence-electron chi connectivity index (χ2n) is 12.3. The molecule has 0 spiro atoms. The van der Waals surface area contributed by atoms with Crippen LogP contribution in [0, 0.1) is 5.92 Å². The van der Waals surface area contributed by atoms with Crippen LogP contribution in [0.2, 0.25) is 0 Å². The Bertz CT molecular complexity index is 1660. The smallest absolute Gasteiger partial charge is 0.408 e. The predicted molar refractivity (Wildman–Crippen MR) is 184 cm³/mol. The number of H-pyrrole nitrogens is 1. The summed E-state index contributed by atoms with van der Waals surface area (Å²) in [7, 11) is 0. The van der Waals surface area contributed by atoms with Crippen LogP contribution in [0.1, 0.15) is 50.4 Å². The number of fused-ring (bicyclic) bond motifs is 1. The van der Waals surface area contributed by atoms with Gasteiger partial charge in [-0.1, -0.05) is 86.6 Å². The Morgan fingerprint density at radius 2 is 1.51 bits per heavy atom. The van der Waals surface area contributed by atoms with Crippen molar-refractivity contribution in [2.24, 2.45) is 5.92 Å². The zero-order valence-corrected chi connectivity index (χ0v) is 28.1. The summed E-state index contributed by atoms with van der Waals surface area (Å²) in [4.78, 5) is 59.9. The van der Waals surface area contributed by atoms with Crippen molar-refractivity contribution in [3.8, 4) is 0 Å². The molecule has 4 rings (SSSR count). The number of carbonyl (C=O) groups is 4. The number of esters is 1. The van der Waals surface area contributed by atoms with Crippen LogP contribution in [0.25, 0.3) is 10.8 Å². The number of ether oxygens (including phenoxy) is 2. The van der Waals surface area contributed by atoms with Gasteiger partial charge in [-0.15, -0.1) is 0 Å². The highest BCUT2D eigenvalue weighted by Gasteiger charge is 2.32. The van der Waals surface area contributed by atoms with Gasteiger partial charge >= 0.3 is 12.1 Å². The van der Waals surface area contributed by atoms with Gasteiger partial charge in [0.05, 0.1) is 31.5 Å². The zero-order chi connectivity index (χ0) is 35.2. The molecule has 0 aliphatic carbocycles. The third-order valence-electron chi connectivity index (χ3n) is 7.89. The van der Waals surface area contributed by atoms with Crippen molar-refractivity contribution in [1.29, 1.82) is 0 Å². The van der Waals surface area contributed by atoms with Gasteiger partial charge in [0.15, 0.2) is 0 Å². The molecule has 3 aromatic carbocycles. The van der Waals surface area contributed by atoms with Crippen LogP contribution in [-0.4, -0.2) is 69.8 Å². The second-order valence-corrected chi connectivity index (χ2v) is 12.3. The van der Waals surface area contributed by atoms with Crippen molar-refractivity contribution in [1.82, 2.24) is 25.9 Å². The van der Waals surface area contributed by atoms with Gasteiger partial charge in [0.2, 0.25) is 11.8 Å². The standard InChI is InChI=1S/C37H45N5O7/c1-4-48-34(44)20-33(43)30(16-24(2)3)40-36(46)32(19-29-21-38-23-39-29)41-35(45)31(42-37(47)49-22-25-10-6-5-7-11-25)18-26-14-15-27-12-8-9-13-28(27)17-26/h5-15,17,21,23-24,30-33,43H,4,16,18-20,22H2,1-3H3,(H,38,39)(H,40,46)(H,41,45)(H,42,47)/t30-,31-,32-,33-/m0/s1. The van der Waals surface area contributed by atoms with E-state index in [2.05, 4.69) is 25.9 Å². The fourth-order valence-electron chi connectivity index (χ4n) is 5.45. The first-order valence-corrected chi connectivity index (χ1v) is 16.5. The van der Waals surface area contributed by atoms with E-state index in [-0.39, 0.29) is 38.4 Å². The van der Waals surface area contributed by atoms with E-state index in [1.165, 1.54) is 6.33 Å². The molecule has 5 N–H and O–H groups in total. The number of aliphatic hydroxyl groups is 1. The average Bonchev–Trinajstić information content (AvgIpc) is 3.60. The zero-order valence-electron chi connectivity index (χ0n) is 28.1. The molecule has 0 aliphatic heterocycles. The molecular weight excluding hydrogens is 626 g/mol. The number of hydrogen-bond donors (Lipinski definition) is 5.